The van der Waals surface area contributed by atoms with Gasteiger partial charge in [-0.05, 0) is 60.2 Å². The van der Waals surface area contributed by atoms with Crippen molar-refractivity contribution in [2.45, 2.75) is 44.2 Å². The van der Waals surface area contributed by atoms with Gasteiger partial charge < -0.3 is 5.32 Å². The Morgan fingerprint density at radius 3 is 2.58 bits per heavy atom. The fourth-order valence-corrected chi connectivity index (χ4v) is 4.90. The van der Waals surface area contributed by atoms with Crippen molar-refractivity contribution in [3.8, 4) is 0 Å². The highest BCUT2D eigenvalue weighted by Crippen LogP contribution is 2.31. The van der Waals surface area contributed by atoms with Crippen molar-refractivity contribution < 1.29 is 9.59 Å². The van der Waals surface area contributed by atoms with Crippen LogP contribution in [0.2, 0.25) is 5.02 Å². The van der Waals surface area contributed by atoms with Crippen LogP contribution in [0.15, 0.2) is 66.3 Å². The second kappa shape index (κ2) is 10.1. The summed E-state index contributed by atoms with van der Waals surface area (Å²) in [4.78, 5) is 33.7. The minimum Gasteiger partial charge on any atom is -0.351 e. The summed E-state index contributed by atoms with van der Waals surface area (Å²) in [6, 6.07) is 13.8. The second-order valence-corrected chi connectivity index (χ2v) is 9.14. The predicted octanol–water partition coefficient (Wildman–Crippen LogP) is 5.17. The first-order valence-electron chi connectivity index (χ1n) is 10.4. The maximum Gasteiger partial charge on any atom is 0.248 e. The van der Waals surface area contributed by atoms with Crippen LogP contribution in [0.25, 0.3) is 0 Å². The molecule has 0 bridgehead atoms. The lowest BCUT2D eigenvalue weighted by Crippen LogP contribution is -2.46. The first-order valence-corrected chi connectivity index (χ1v) is 11.7. The predicted molar refractivity (Wildman–Crippen MR) is 124 cm³/mol. The lowest BCUT2D eigenvalue weighted by molar-refractivity contribution is -0.127. The summed E-state index contributed by atoms with van der Waals surface area (Å²) in [6.07, 6.45) is 7.66. The highest BCUT2D eigenvalue weighted by molar-refractivity contribution is 7.10. The summed E-state index contributed by atoms with van der Waals surface area (Å²) in [5.74, 6) is -0.342. The van der Waals surface area contributed by atoms with Crippen molar-refractivity contribution in [1.29, 1.82) is 0 Å². The zero-order chi connectivity index (χ0) is 21.6. The van der Waals surface area contributed by atoms with E-state index in [2.05, 4.69) is 10.3 Å². The van der Waals surface area contributed by atoms with Gasteiger partial charge in [0.25, 0.3) is 0 Å². The van der Waals surface area contributed by atoms with E-state index in [1.54, 1.807) is 47.6 Å². The number of nitrogens with one attached hydrogen (secondary N) is 1. The maximum atomic E-state index is 13.6. The largest absolute Gasteiger partial charge is 0.351 e. The average molecular weight is 454 g/mol. The molecule has 4 rings (SSSR count). The van der Waals surface area contributed by atoms with Crippen LogP contribution in [-0.2, 0) is 16.0 Å². The Morgan fingerprint density at radius 2 is 1.90 bits per heavy atom. The van der Waals surface area contributed by atoms with Gasteiger partial charge in [-0.3, -0.25) is 19.5 Å². The molecule has 0 unspecified atom stereocenters. The van der Waals surface area contributed by atoms with Crippen LogP contribution in [0.1, 0.15) is 42.2 Å². The number of aromatic nitrogens is 1. The van der Waals surface area contributed by atoms with Crippen LogP contribution in [0.5, 0.6) is 0 Å². The van der Waals surface area contributed by atoms with Gasteiger partial charge in [0, 0.05) is 34.0 Å². The van der Waals surface area contributed by atoms with E-state index in [9.17, 15) is 9.59 Å². The Balaban J connectivity index is 1.74. The average Bonchev–Trinajstić information content (AvgIpc) is 3.46. The Hall–Kier alpha value is -2.70. The zero-order valence-corrected chi connectivity index (χ0v) is 18.6. The standard InChI is InChI=1S/C24H24ClN3O2S/c25-18-5-3-8-20(15-18)28(22(29)16-21-9-4-14-31-21)23(17-10-12-26-13-11-17)24(30)27-19-6-1-2-7-19/h3-5,8-15,19,23H,1-2,6-7,16H2,(H,27,30)/t23-/m0/s1. The normalized spacial score (nSPS) is 14.9. The third-order valence-electron chi connectivity index (χ3n) is 5.49. The molecule has 1 saturated carbocycles. The van der Waals surface area contributed by atoms with Crippen LogP contribution in [0.4, 0.5) is 5.69 Å². The van der Waals surface area contributed by atoms with Crippen LogP contribution in [-0.4, -0.2) is 22.8 Å². The first-order chi connectivity index (χ1) is 15.1. The highest BCUT2D eigenvalue weighted by atomic mass is 35.5. The monoisotopic (exact) mass is 453 g/mol. The number of carbonyl (C=O) groups excluding carboxylic acids is 2. The van der Waals surface area contributed by atoms with Crippen molar-refractivity contribution in [3.63, 3.8) is 0 Å². The van der Waals surface area contributed by atoms with Crippen LogP contribution in [0.3, 0.4) is 0 Å². The Kier molecular flexibility index (Phi) is 6.99. The van der Waals surface area contributed by atoms with Gasteiger partial charge in [-0.1, -0.05) is 36.6 Å². The van der Waals surface area contributed by atoms with Gasteiger partial charge in [-0.25, -0.2) is 0 Å². The lowest BCUT2D eigenvalue weighted by Gasteiger charge is -2.32. The Bertz CT molecular complexity index is 1020. The fourth-order valence-electron chi connectivity index (χ4n) is 4.02. The fraction of sp³-hybridized carbons (Fsp3) is 0.292. The molecule has 3 aromatic rings. The van der Waals surface area contributed by atoms with E-state index in [-0.39, 0.29) is 24.3 Å². The molecule has 2 heterocycles. The Labute approximate surface area is 191 Å². The topological polar surface area (TPSA) is 62.3 Å². The lowest BCUT2D eigenvalue weighted by atomic mass is 10.0. The number of thiophene rings is 1. The molecule has 0 radical (unpaired) electrons. The van der Waals surface area contributed by atoms with E-state index in [0.717, 1.165) is 30.6 Å². The number of amides is 2. The summed E-state index contributed by atoms with van der Waals surface area (Å²) >= 11 is 7.78. The number of carbonyl (C=O) groups is 2. The molecule has 1 atom stereocenters. The molecule has 1 N–H and O–H groups in total. The summed E-state index contributed by atoms with van der Waals surface area (Å²) in [5.41, 5.74) is 1.31. The second-order valence-electron chi connectivity index (χ2n) is 7.67. The smallest absolute Gasteiger partial charge is 0.248 e. The number of benzene rings is 1. The van der Waals surface area contributed by atoms with E-state index in [1.165, 1.54) is 11.3 Å². The van der Waals surface area contributed by atoms with Crippen molar-refractivity contribution in [1.82, 2.24) is 10.3 Å². The molecule has 2 amide bonds. The molecule has 1 aliphatic rings. The molecular formula is C24H24ClN3O2S. The van der Waals surface area contributed by atoms with E-state index >= 15 is 0 Å². The number of halogens is 1. The van der Waals surface area contributed by atoms with Gasteiger partial charge in [0.1, 0.15) is 6.04 Å². The maximum absolute atomic E-state index is 13.6. The first kappa shape index (κ1) is 21.5. The highest BCUT2D eigenvalue weighted by Gasteiger charge is 2.34. The molecule has 5 nitrogen and oxygen atoms in total. The molecular weight excluding hydrogens is 430 g/mol. The van der Waals surface area contributed by atoms with Crippen molar-refractivity contribution in [2.24, 2.45) is 0 Å². The summed E-state index contributed by atoms with van der Waals surface area (Å²) < 4.78 is 0. The van der Waals surface area contributed by atoms with Gasteiger partial charge >= 0.3 is 0 Å². The van der Waals surface area contributed by atoms with Crippen molar-refractivity contribution in [3.05, 3.63) is 81.8 Å². The van der Waals surface area contributed by atoms with E-state index in [0.29, 0.717) is 16.3 Å². The number of pyridine rings is 1. The van der Waals surface area contributed by atoms with E-state index in [1.807, 2.05) is 23.6 Å². The quantitative estimate of drug-likeness (QED) is 0.536. The number of rotatable bonds is 7. The molecule has 1 fully saturated rings. The van der Waals surface area contributed by atoms with Crippen molar-refractivity contribution in [2.75, 3.05) is 4.90 Å². The zero-order valence-electron chi connectivity index (χ0n) is 17.0. The summed E-state index contributed by atoms with van der Waals surface area (Å²) in [7, 11) is 0. The number of nitrogens with zero attached hydrogens (tertiary/aromatic N) is 2. The molecule has 0 aliphatic heterocycles. The summed E-state index contributed by atoms with van der Waals surface area (Å²) in [5, 5.41) is 5.63. The molecule has 0 spiro atoms. The van der Waals surface area contributed by atoms with Crippen molar-refractivity contribution >= 4 is 40.4 Å². The molecule has 31 heavy (non-hydrogen) atoms. The van der Waals surface area contributed by atoms with Gasteiger partial charge in [0.05, 0.1) is 6.42 Å². The summed E-state index contributed by atoms with van der Waals surface area (Å²) in [6.45, 7) is 0. The van der Waals surface area contributed by atoms with Crippen LogP contribution < -0.4 is 10.2 Å². The number of hydrogen-bond acceptors (Lipinski definition) is 4. The number of hydrogen-bond donors (Lipinski definition) is 1. The molecule has 2 aromatic heterocycles. The third-order valence-corrected chi connectivity index (χ3v) is 6.60. The molecule has 0 saturated heterocycles. The minimum atomic E-state index is -0.811. The van der Waals surface area contributed by atoms with Gasteiger partial charge in [0.2, 0.25) is 11.8 Å². The molecule has 160 valence electrons. The SMILES string of the molecule is O=C(NC1CCCC1)[C@H](c1ccncc1)N(C(=O)Cc1cccs1)c1cccc(Cl)c1. The van der Waals surface area contributed by atoms with Crippen LogP contribution >= 0.6 is 22.9 Å². The van der Waals surface area contributed by atoms with Gasteiger partial charge in [-0.15, -0.1) is 11.3 Å². The minimum absolute atomic E-state index is 0.144. The number of anilines is 1. The molecule has 1 aliphatic carbocycles. The van der Waals surface area contributed by atoms with Gasteiger partial charge in [-0.2, -0.15) is 0 Å². The molecule has 1 aromatic carbocycles. The third kappa shape index (κ3) is 5.32. The van der Waals surface area contributed by atoms with E-state index < -0.39 is 6.04 Å². The van der Waals surface area contributed by atoms with E-state index in [4.69, 9.17) is 11.6 Å². The Morgan fingerprint density at radius 1 is 1.13 bits per heavy atom. The van der Waals surface area contributed by atoms with Gasteiger partial charge in [0.15, 0.2) is 0 Å². The van der Waals surface area contributed by atoms with Crippen LogP contribution in [0, 0.1) is 0 Å². The molecule has 7 heteroatoms.